The van der Waals surface area contributed by atoms with Crippen LogP contribution in [0, 0.1) is 0 Å². The normalized spacial score (nSPS) is 11.0. The van der Waals surface area contributed by atoms with Crippen LogP contribution < -0.4 is 0 Å². The quantitative estimate of drug-likeness (QED) is 0.723. The molecule has 2 N–H and O–H groups in total. The number of hydrogen-bond donors (Lipinski definition) is 2. The van der Waals surface area contributed by atoms with E-state index in [2.05, 4.69) is 4.99 Å². The Morgan fingerprint density at radius 1 is 1.04 bits per heavy atom. The highest BCUT2D eigenvalue weighted by molar-refractivity contribution is 5.88. The molecule has 0 atom stereocenters. The van der Waals surface area contributed by atoms with E-state index in [1.165, 1.54) is 0 Å². The molecule has 0 amide bonds. The van der Waals surface area contributed by atoms with Gasteiger partial charge < -0.3 is 14.8 Å². The van der Waals surface area contributed by atoms with Gasteiger partial charge >= 0.3 is 5.97 Å². The summed E-state index contributed by atoms with van der Waals surface area (Å²) < 4.78 is 1.90. The van der Waals surface area contributed by atoms with Crippen LogP contribution in [0.4, 0.5) is 5.69 Å². The molecule has 0 unspecified atom stereocenters. The molecule has 5 heteroatoms. The van der Waals surface area contributed by atoms with Crippen LogP contribution >= 0.6 is 0 Å². The molecule has 0 aliphatic carbocycles. The summed E-state index contributed by atoms with van der Waals surface area (Å²) >= 11 is 0. The van der Waals surface area contributed by atoms with Gasteiger partial charge in [-0.2, -0.15) is 0 Å². The predicted molar refractivity (Wildman–Crippen MR) is 88.1 cm³/mol. The molecule has 5 nitrogen and oxygen atoms in total. The zero-order valence-electron chi connectivity index (χ0n) is 12.1. The lowest BCUT2D eigenvalue weighted by molar-refractivity contribution is 0.0697. The van der Waals surface area contributed by atoms with E-state index in [0.29, 0.717) is 5.69 Å². The Labute approximate surface area is 132 Å². The van der Waals surface area contributed by atoms with Gasteiger partial charge in [0.2, 0.25) is 0 Å². The Morgan fingerprint density at radius 2 is 1.83 bits per heavy atom. The van der Waals surface area contributed by atoms with Crippen molar-refractivity contribution < 1.29 is 15.0 Å². The molecule has 3 rings (SSSR count). The number of benzene rings is 2. The van der Waals surface area contributed by atoms with Gasteiger partial charge in [0.25, 0.3) is 0 Å². The fourth-order valence-electron chi connectivity index (χ4n) is 2.21. The van der Waals surface area contributed by atoms with Crippen LogP contribution in [0.25, 0.3) is 5.69 Å². The second-order valence-corrected chi connectivity index (χ2v) is 4.93. The van der Waals surface area contributed by atoms with Crippen molar-refractivity contribution in [3.05, 3.63) is 78.1 Å². The van der Waals surface area contributed by atoms with E-state index in [4.69, 9.17) is 5.11 Å². The fourth-order valence-corrected chi connectivity index (χ4v) is 2.21. The Kier molecular flexibility index (Phi) is 3.93. The number of carboxylic acid groups (broad SMARTS) is 1. The first-order valence-corrected chi connectivity index (χ1v) is 6.98. The number of hydrogen-bond acceptors (Lipinski definition) is 3. The van der Waals surface area contributed by atoms with E-state index in [1.54, 1.807) is 54.7 Å². The van der Waals surface area contributed by atoms with Crippen LogP contribution in [-0.4, -0.2) is 27.0 Å². The van der Waals surface area contributed by atoms with Gasteiger partial charge in [-0.05, 0) is 48.5 Å². The fraction of sp³-hybridized carbons (Fsp3) is 0. The summed E-state index contributed by atoms with van der Waals surface area (Å²) in [6.07, 6.45) is 3.57. The van der Waals surface area contributed by atoms with Crippen molar-refractivity contribution in [2.75, 3.05) is 0 Å². The van der Waals surface area contributed by atoms with Crippen LogP contribution in [0.5, 0.6) is 5.75 Å². The van der Waals surface area contributed by atoms with E-state index in [9.17, 15) is 9.90 Å². The highest BCUT2D eigenvalue weighted by Gasteiger charge is 2.05. The van der Waals surface area contributed by atoms with Crippen LogP contribution in [0.1, 0.15) is 16.1 Å². The number of carboxylic acids is 1. The molecule has 0 fully saturated rings. The second kappa shape index (κ2) is 6.19. The molecule has 1 heterocycles. The van der Waals surface area contributed by atoms with Gasteiger partial charge in [-0.3, -0.25) is 4.99 Å². The summed E-state index contributed by atoms with van der Waals surface area (Å²) in [6.45, 7) is 0. The number of rotatable bonds is 4. The molecule has 0 aliphatic rings. The van der Waals surface area contributed by atoms with Gasteiger partial charge in [-0.25, -0.2) is 4.79 Å². The minimum absolute atomic E-state index is 0.166. The molecule has 0 aliphatic heterocycles. The summed E-state index contributed by atoms with van der Waals surface area (Å²) in [5.74, 6) is -0.783. The van der Waals surface area contributed by atoms with Gasteiger partial charge in [0.15, 0.2) is 0 Å². The summed E-state index contributed by atoms with van der Waals surface area (Å²) in [5, 5.41) is 18.4. The van der Waals surface area contributed by atoms with Gasteiger partial charge in [-0.1, -0.05) is 6.07 Å². The molecular formula is C18H14N2O3. The first-order valence-electron chi connectivity index (χ1n) is 6.98. The van der Waals surface area contributed by atoms with Crippen LogP contribution in [0.2, 0.25) is 0 Å². The van der Waals surface area contributed by atoms with Crippen molar-refractivity contribution in [1.82, 2.24) is 4.57 Å². The highest BCUT2D eigenvalue weighted by atomic mass is 16.4. The van der Waals surface area contributed by atoms with Crippen molar-refractivity contribution >= 4 is 17.9 Å². The van der Waals surface area contributed by atoms with Crippen LogP contribution in [0.3, 0.4) is 0 Å². The maximum absolute atomic E-state index is 10.9. The number of aromatic nitrogens is 1. The first-order chi connectivity index (χ1) is 11.1. The van der Waals surface area contributed by atoms with E-state index in [0.717, 1.165) is 11.4 Å². The summed E-state index contributed by atoms with van der Waals surface area (Å²) in [6, 6.07) is 17.1. The smallest absolute Gasteiger partial charge is 0.335 e. The standard InChI is InChI=1S/C18H14N2O3/c21-17-5-1-3-14(11-17)19-12-16-4-2-10-20(16)15-8-6-13(7-9-15)18(22)23/h1-12,21H,(H,22,23). The molecular weight excluding hydrogens is 292 g/mol. The average molecular weight is 306 g/mol. The maximum Gasteiger partial charge on any atom is 0.335 e. The molecule has 0 radical (unpaired) electrons. The lowest BCUT2D eigenvalue weighted by atomic mass is 10.2. The lowest BCUT2D eigenvalue weighted by Crippen LogP contribution is -2.00. The Bertz CT molecular complexity index is 864. The third-order valence-electron chi connectivity index (χ3n) is 3.35. The van der Waals surface area contributed by atoms with E-state index >= 15 is 0 Å². The second-order valence-electron chi connectivity index (χ2n) is 4.93. The van der Waals surface area contributed by atoms with Crippen LogP contribution in [-0.2, 0) is 0 Å². The largest absolute Gasteiger partial charge is 0.508 e. The van der Waals surface area contributed by atoms with Crippen LogP contribution in [0.15, 0.2) is 71.9 Å². The molecule has 0 spiro atoms. The van der Waals surface area contributed by atoms with Gasteiger partial charge in [0, 0.05) is 18.0 Å². The zero-order valence-corrected chi connectivity index (χ0v) is 12.1. The lowest BCUT2D eigenvalue weighted by Gasteiger charge is -2.06. The number of carbonyl (C=O) groups is 1. The Morgan fingerprint density at radius 3 is 2.52 bits per heavy atom. The van der Waals surface area contributed by atoms with Crippen molar-refractivity contribution in [3.63, 3.8) is 0 Å². The summed E-state index contributed by atoms with van der Waals surface area (Å²) in [4.78, 5) is 15.2. The highest BCUT2D eigenvalue weighted by Crippen LogP contribution is 2.19. The van der Waals surface area contributed by atoms with Gasteiger partial charge in [-0.15, -0.1) is 0 Å². The number of phenols is 1. The molecule has 3 aromatic rings. The van der Waals surface area contributed by atoms with Crippen molar-refractivity contribution in [1.29, 1.82) is 0 Å². The van der Waals surface area contributed by atoms with E-state index in [1.807, 2.05) is 22.9 Å². The number of aromatic carboxylic acids is 1. The van der Waals surface area contributed by atoms with Crippen molar-refractivity contribution in [3.8, 4) is 11.4 Å². The van der Waals surface area contributed by atoms with Crippen molar-refractivity contribution in [2.24, 2.45) is 4.99 Å². The number of aliphatic imine (C=N–C) groups is 1. The van der Waals surface area contributed by atoms with Gasteiger partial charge in [0.05, 0.1) is 23.2 Å². The summed E-state index contributed by atoms with van der Waals surface area (Å²) in [7, 11) is 0. The monoisotopic (exact) mass is 306 g/mol. The van der Waals surface area contributed by atoms with E-state index in [-0.39, 0.29) is 11.3 Å². The Hall–Kier alpha value is -3.34. The number of aromatic hydroxyl groups is 1. The molecule has 0 bridgehead atoms. The van der Waals surface area contributed by atoms with E-state index < -0.39 is 5.97 Å². The third kappa shape index (κ3) is 3.29. The molecule has 23 heavy (non-hydrogen) atoms. The van der Waals surface area contributed by atoms with Crippen molar-refractivity contribution in [2.45, 2.75) is 0 Å². The maximum atomic E-state index is 10.9. The topological polar surface area (TPSA) is 74.8 Å². The molecule has 0 saturated carbocycles. The zero-order chi connectivity index (χ0) is 16.2. The SMILES string of the molecule is O=C(O)c1ccc(-n2cccc2C=Nc2cccc(O)c2)cc1. The average Bonchev–Trinajstić information content (AvgIpc) is 3.01. The molecule has 1 aromatic heterocycles. The first kappa shape index (κ1) is 14.6. The molecule has 0 saturated heterocycles. The minimum atomic E-state index is -0.949. The minimum Gasteiger partial charge on any atom is -0.508 e. The summed E-state index contributed by atoms with van der Waals surface area (Å²) in [5.41, 5.74) is 2.59. The number of nitrogens with zero attached hydrogens (tertiary/aromatic N) is 2. The molecule has 114 valence electrons. The number of phenolic OH excluding ortho intramolecular Hbond substituents is 1. The molecule has 2 aromatic carbocycles. The predicted octanol–water partition coefficient (Wildman–Crippen LogP) is 3.63. The third-order valence-corrected chi connectivity index (χ3v) is 3.35. The van der Waals surface area contributed by atoms with Gasteiger partial charge in [0.1, 0.15) is 5.75 Å². The Balaban J connectivity index is 1.89.